The molecule has 2 N–H and O–H groups in total. The Kier molecular flexibility index (Phi) is 4.12. The second-order valence-corrected chi connectivity index (χ2v) is 6.02. The Balaban J connectivity index is 2.12. The first-order chi connectivity index (χ1) is 8.56. The summed E-state index contributed by atoms with van der Waals surface area (Å²) in [6.45, 7) is 0.0182. The molecule has 1 amide bonds. The fourth-order valence-electron chi connectivity index (χ4n) is 2.61. The molecule has 5 heteroatoms. The Hall–Kier alpha value is -0.810. The first kappa shape index (κ1) is 13.6. The van der Waals surface area contributed by atoms with Crippen molar-refractivity contribution in [3.05, 3.63) is 22.4 Å². The standard InChI is InChI=1S/C13H19BrN2O2/c1-16-8-10(14)7-11(16)12(18)15-13(9-17)5-3-2-4-6-13/h7-8,17H,2-6,9H2,1H3,(H,15,18). The molecular weight excluding hydrogens is 296 g/mol. The predicted octanol–water partition coefficient (Wildman–Crippen LogP) is 2.21. The topological polar surface area (TPSA) is 54.3 Å². The molecule has 2 rings (SSSR count). The summed E-state index contributed by atoms with van der Waals surface area (Å²) in [4.78, 5) is 12.2. The number of rotatable bonds is 3. The zero-order valence-corrected chi connectivity index (χ0v) is 12.2. The number of aliphatic hydroxyl groups excluding tert-OH is 1. The lowest BCUT2D eigenvalue weighted by Gasteiger charge is -2.36. The minimum atomic E-state index is -0.425. The van der Waals surface area contributed by atoms with Gasteiger partial charge >= 0.3 is 0 Å². The molecule has 18 heavy (non-hydrogen) atoms. The Labute approximate surface area is 116 Å². The molecule has 0 bridgehead atoms. The zero-order chi connectivity index (χ0) is 13.2. The van der Waals surface area contributed by atoms with Gasteiger partial charge in [0.1, 0.15) is 5.69 Å². The molecule has 0 atom stereocenters. The van der Waals surface area contributed by atoms with E-state index in [2.05, 4.69) is 21.2 Å². The zero-order valence-electron chi connectivity index (χ0n) is 10.6. The van der Waals surface area contributed by atoms with Crippen LogP contribution in [0.2, 0.25) is 0 Å². The van der Waals surface area contributed by atoms with Crippen LogP contribution in [-0.2, 0) is 7.05 Å². The van der Waals surface area contributed by atoms with Crippen LogP contribution in [0.5, 0.6) is 0 Å². The van der Waals surface area contributed by atoms with E-state index in [4.69, 9.17) is 0 Å². The number of hydrogen-bond acceptors (Lipinski definition) is 2. The quantitative estimate of drug-likeness (QED) is 0.898. The van der Waals surface area contributed by atoms with Gasteiger partial charge in [0.2, 0.25) is 0 Å². The molecular formula is C13H19BrN2O2. The summed E-state index contributed by atoms with van der Waals surface area (Å²) in [6.07, 6.45) is 6.89. The SMILES string of the molecule is Cn1cc(Br)cc1C(=O)NC1(CO)CCCCC1. The van der Waals surface area contributed by atoms with Crippen LogP contribution in [0, 0.1) is 0 Å². The highest BCUT2D eigenvalue weighted by atomic mass is 79.9. The molecule has 1 aromatic heterocycles. The van der Waals surface area contributed by atoms with Crippen molar-refractivity contribution >= 4 is 21.8 Å². The number of halogens is 1. The Bertz CT molecular complexity index is 436. The molecule has 0 aliphatic heterocycles. The maximum absolute atomic E-state index is 12.2. The van der Waals surface area contributed by atoms with Crippen molar-refractivity contribution in [2.75, 3.05) is 6.61 Å². The van der Waals surface area contributed by atoms with Gasteiger partial charge in [0.05, 0.1) is 12.1 Å². The lowest BCUT2D eigenvalue weighted by Crippen LogP contribution is -2.52. The number of nitrogens with zero attached hydrogens (tertiary/aromatic N) is 1. The molecule has 0 spiro atoms. The maximum atomic E-state index is 12.2. The average molecular weight is 315 g/mol. The molecule has 4 nitrogen and oxygen atoms in total. The summed E-state index contributed by atoms with van der Waals surface area (Å²) in [5.41, 5.74) is 0.187. The third-order valence-electron chi connectivity index (χ3n) is 3.70. The van der Waals surface area contributed by atoms with Gasteiger partial charge in [-0.2, -0.15) is 0 Å². The van der Waals surface area contributed by atoms with Crippen molar-refractivity contribution in [1.29, 1.82) is 0 Å². The molecule has 0 unspecified atom stereocenters. The second kappa shape index (κ2) is 5.45. The summed E-state index contributed by atoms with van der Waals surface area (Å²) in [6, 6.07) is 1.79. The van der Waals surface area contributed by atoms with Crippen molar-refractivity contribution in [2.45, 2.75) is 37.6 Å². The van der Waals surface area contributed by atoms with Gasteiger partial charge in [0.15, 0.2) is 0 Å². The van der Waals surface area contributed by atoms with E-state index >= 15 is 0 Å². The lowest BCUT2D eigenvalue weighted by atomic mass is 9.82. The van der Waals surface area contributed by atoms with Crippen LogP contribution in [0.25, 0.3) is 0 Å². The number of hydrogen-bond donors (Lipinski definition) is 2. The number of aliphatic hydroxyl groups is 1. The summed E-state index contributed by atoms with van der Waals surface area (Å²) in [5.74, 6) is -0.112. The average Bonchev–Trinajstić information content (AvgIpc) is 2.70. The number of nitrogens with one attached hydrogen (secondary N) is 1. The van der Waals surface area contributed by atoms with Gasteiger partial charge in [-0.3, -0.25) is 4.79 Å². The first-order valence-corrected chi connectivity index (χ1v) is 7.11. The van der Waals surface area contributed by atoms with E-state index in [-0.39, 0.29) is 12.5 Å². The van der Waals surface area contributed by atoms with Gasteiger partial charge < -0.3 is 15.0 Å². The molecule has 1 heterocycles. The Morgan fingerprint density at radius 3 is 2.67 bits per heavy atom. The molecule has 1 saturated carbocycles. The van der Waals surface area contributed by atoms with Crippen LogP contribution in [0.1, 0.15) is 42.6 Å². The van der Waals surface area contributed by atoms with Crippen molar-refractivity contribution < 1.29 is 9.90 Å². The normalized spacial score (nSPS) is 18.6. The summed E-state index contributed by atoms with van der Waals surface area (Å²) < 4.78 is 2.67. The van der Waals surface area contributed by atoms with Crippen LogP contribution in [0.4, 0.5) is 0 Å². The van der Waals surface area contributed by atoms with Crippen molar-refractivity contribution in [3.63, 3.8) is 0 Å². The van der Waals surface area contributed by atoms with Crippen LogP contribution in [0.3, 0.4) is 0 Å². The van der Waals surface area contributed by atoms with Crippen molar-refractivity contribution in [3.8, 4) is 0 Å². The van der Waals surface area contributed by atoms with Gasteiger partial charge in [-0.1, -0.05) is 19.3 Å². The minimum absolute atomic E-state index is 0.0182. The Morgan fingerprint density at radius 2 is 2.17 bits per heavy atom. The van der Waals surface area contributed by atoms with E-state index in [0.717, 1.165) is 30.2 Å². The number of carbonyl (C=O) groups is 1. The van der Waals surface area contributed by atoms with Gasteiger partial charge in [0, 0.05) is 17.7 Å². The largest absolute Gasteiger partial charge is 0.394 e. The maximum Gasteiger partial charge on any atom is 0.268 e. The summed E-state index contributed by atoms with van der Waals surface area (Å²) in [7, 11) is 1.84. The lowest BCUT2D eigenvalue weighted by molar-refractivity contribution is 0.0751. The van der Waals surface area contributed by atoms with E-state index < -0.39 is 5.54 Å². The number of aromatic nitrogens is 1. The van der Waals surface area contributed by atoms with Gasteiger partial charge in [0.25, 0.3) is 5.91 Å². The van der Waals surface area contributed by atoms with Crippen LogP contribution in [-0.4, -0.2) is 27.7 Å². The van der Waals surface area contributed by atoms with E-state index in [1.54, 1.807) is 10.6 Å². The summed E-state index contributed by atoms with van der Waals surface area (Å²) >= 11 is 3.36. The van der Waals surface area contributed by atoms with E-state index in [0.29, 0.717) is 5.69 Å². The highest BCUT2D eigenvalue weighted by molar-refractivity contribution is 9.10. The monoisotopic (exact) mass is 314 g/mol. The second-order valence-electron chi connectivity index (χ2n) is 5.11. The first-order valence-electron chi connectivity index (χ1n) is 6.32. The van der Waals surface area contributed by atoms with Gasteiger partial charge in [-0.05, 0) is 34.8 Å². The highest BCUT2D eigenvalue weighted by Crippen LogP contribution is 2.28. The van der Waals surface area contributed by atoms with E-state index in [9.17, 15) is 9.90 Å². The molecule has 0 aromatic carbocycles. The fraction of sp³-hybridized carbons (Fsp3) is 0.615. The Morgan fingerprint density at radius 1 is 1.50 bits per heavy atom. The van der Waals surface area contributed by atoms with Gasteiger partial charge in [-0.15, -0.1) is 0 Å². The van der Waals surface area contributed by atoms with Gasteiger partial charge in [-0.25, -0.2) is 0 Å². The molecule has 1 aliphatic rings. The minimum Gasteiger partial charge on any atom is -0.394 e. The van der Waals surface area contributed by atoms with Crippen molar-refractivity contribution in [1.82, 2.24) is 9.88 Å². The number of carbonyl (C=O) groups excluding carboxylic acids is 1. The molecule has 0 saturated heterocycles. The van der Waals surface area contributed by atoms with E-state index in [1.807, 2.05) is 13.2 Å². The fourth-order valence-corrected chi connectivity index (χ4v) is 3.13. The molecule has 1 fully saturated rings. The van der Waals surface area contributed by atoms with Crippen LogP contribution >= 0.6 is 15.9 Å². The number of aryl methyl sites for hydroxylation is 1. The highest BCUT2D eigenvalue weighted by Gasteiger charge is 2.33. The number of amides is 1. The van der Waals surface area contributed by atoms with Crippen LogP contribution in [0.15, 0.2) is 16.7 Å². The molecule has 100 valence electrons. The molecule has 1 aromatic rings. The third kappa shape index (κ3) is 2.78. The van der Waals surface area contributed by atoms with Crippen molar-refractivity contribution in [2.24, 2.45) is 7.05 Å². The molecule has 0 radical (unpaired) electrons. The predicted molar refractivity (Wildman–Crippen MR) is 73.5 cm³/mol. The summed E-state index contributed by atoms with van der Waals surface area (Å²) in [5, 5.41) is 12.6. The smallest absolute Gasteiger partial charge is 0.268 e. The molecule has 1 aliphatic carbocycles. The third-order valence-corrected chi connectivity index (χ3v) is 4.13. The van der Waals surface area contributed by atoms with Crippen LogP contribution < -0.4 is 5.32 Å². The van der Waals surface area contributed by atoms with E-state index in [1.165, 1.54) is 6.42 Å².